The van der Waals surface area contributed by atoms with E-state index in [1.54, 1.807) is 0 Å². The van der Waals surface area contributed by atoms with Gasteiger partial charge in [0.15, 0.2) is 0 Å². The molecule has 0 atom stereocenters. The van der Waals surface area contributed by atoms with E-state index < -0.39 is 0 Å². The number of para-hydroxylation sites is 4. The Morgan fingerprint density at radius 2 is 0.540 bits per heavy atom. The number of fused-ring (bicyclic) bond motifs is 10. The van der Waals surface area contributed by atoms with Crippen molar-refractivity contribution in [1.82, 2.24) is 9.13 Å². The van der Waals surface area contributed by atoms with E-state index in [0.717, 1.165) is 24.2 Å². The highest BCUT2D eigenvalue weighted by Crippen LogP contribution is 2.57. The SMILES string of the molecule is CC(C)(C)c1ccc(-c2cc(C(C)(C)C)cc(-c3ccc(C(C)(C)C)cc3)c2N2c3cc(-n4c5ccccc5c5ccccc54)ccc3B3c4ccc(-n5c6ccccc6c6ccccc65)cc4N(c4c(-c5ccc(C(C)(C)C)cc5)cc(C(C)(C)C)cc4-c4ccc(C(C)(C)C)cc4)c4cc(C5CCCCC5)cc2c43)cc1. The van der Waals surface area contributed by atoms with Crippen LogP contribution in [0.1, 0.15) is 202 Å². The number of rotatable bonds is 9. The molecule has 4 nitrogen and oxygen atoms in total. The fraction of sp³-hybridized carbons (Fsp3) is 0.278. The molecule has 1 saturated carbocycles. The van der Waals surface area contributed by atoms with E-state index in [1.807, 2.05) is 0 Å². The van der Waals surface area contributed by atoms with Crippen molar-refractivity contribution in [3.63, 3.8) is 0 Å². The Kier molecular flexibility index (Phi) is 17.5. The van der Waals surface area contributed by atoms with Crippen LogP contribution in [-0.4, -0.2) is 15.8 Å². The molecule has 0 N–H and O–H groups in total. The lowest BCUT2D eigenvalue weighted by Gasteiger charge is -2.46. The maximum Gasteiger partial charge on any atom is 0.252 e. The predicted molar refractivity (Wildman–Crippen MR) is 489 cm³/mol. The Balaban J connectivity index is 1.04. The van der Waals surface area contributed by atoms with Crippen LogP contribution in [0.4, 0.5) is 34.1 Å². The maximum absolute atomic E-state index is 2.83. The normalized spacial score (nSPS) is 14.4. The third-order valence-corrected chi connectivity index (χ3v) is 25.5. The van der Waals surface area contributed by atoms with Gasteiger partial charge in [-0.05, 0) is 214 Å². The minimum absolute atomic E-state index is 0.0534. The van der Waals surface area contributed by atoms with E-state index in [4.69, 9.17) is 0 Å². The molecule has 0 amide bonds. The Morgan fingerprint density at radius 3 is 0.814 bits per heavy atom. The minimum atomic E-state index is -0.229. The Labute approximate surface area is 672 Å². The van der Waals surface area contributed by atoms with Crippen molar-refractivity contribution in [3.05, 3.63) is 306 Å². The smallest absolute Gasteiger partial charge is 0.252 e. The van der Waals surface area contributed by atoms with E-state index in [0.29, 0.717) is 5.92 Å². The van der Waals surface area contributed by atoms with Crippen LogP contribution in [0, 0.1) is 0 Å². The topological polar surface area (TPSA) is 16.3 Å². The number of benzene rings is 13. The summed E-state index contributed by atoms with van der Waals surface area (Å²) >= 11 is 0. The van der Waals surface area contributed by atoms with Crippen LogP contribution in [0.25, 0.3) is 99.5 Å². The first-order chi connectivity index (χ1) is 53.8. The van der Waals surface area contributed by atoms with Gasteiger partial charge >= 0.3 is 0 Å². The van der Waals surface area contributed by atoms with Gasteiger partial charge in [0.05, 0.1) is 33.4 Å². The van der Waals surface area contributed by atoms with Crippen molar-refractivity contribution < 1.29 is 0 Å². The van der Waals surface area contributed by atoms with E-state index in [9.17, 15) is 0 Å². The van der Waals surface area contributed by atoms with Crippen molar-refractivity contribution in [2.24, 2.45) is 0 Å². The van der Waals surface area contributed by atoms with Crippen LogP contribution in [0.2, 0.25) is 0 Å². The number of aromatic nitrogens is 2. The van der Waals surface area contributed by atoms with E-state index in [2.05, 4.69) is 410 Å². The zero-order valence-corrected chi connectivity index (χ0v) is 69.9. The Hall–Kier alpha value is -10.9. The van der Waals surface area contributed by atoms with Crippen LogP contribution < -0.4 is 26.2 Å². The standard InChI is InChI=1S/C108H109BN4/c1-103(2,3)74-48-40-69(41-49-74)86-62-78(107(13,14)15)63-87(70-42-50-75(51-43-70)104(4,5)6)101(86)112-96-66-80(110-92-36-26-22-32-82(92)83-33-23-27-37-93(83)110)56-58-90(96)109-91-59-57-81(111-94-38-28-24-34-84(94)85-35-25-29-39-95(85)111)67-97(91)113(99-61-73(60-98(112)100(99)109)68-30-20-19-21-31-68)102-88(71-44-52-76(53-45-71)105(7,8)9)64-79(108(16,17)18)65-89(102)72-46-54-77(55-47-72)106(10,11)12/h22-29,32-68H,19-21,30-31H2,1-18H3. The van der Waals surface area contributed by atoms with Gasteiger partial charge in [-0.15, -0.1) is 0 Å². The fourth-order valence-electron chi connectivity index (χ4n) is 18.9. The van der Waals surface area contributed by atoms with E-state index in [-0.39, 0.29) is 39.2 Å². The zero-order chi connectivity index (χ0) is 78.7. The summed E-state index contributed by atoms with van der Waals surface area (Å²) in [6.07, 6.45) is 5.88. The first-order valence-corrected chi connectivity index (χ1v) is 41.7. The molecule has 13 aromatic carbocycles. The van der Waals surface area contributed by atoms with Crippen LogP contribution in [0.15, 0.2) is 267 Å². The van der Waals surface area contributed by atoms with Gasteiger partial charge in [0.25, 0.3) is 6.71 Å². The molecular weight excluding hydrogens is 1360 g/mol. The molecule has 2 aliphatic heterocycles. The molecule has 0 unspecified atom stereocenters. The van der Waals surface area contributed by atoms with Crippen LogP contribution in [0.3, 0.4) is 0 Å². The van der Waals surface area contributed by atoms with E-state index in [1.165, 1.54) is 197 Å². The summed E-state index contributed by atoms with van der Waals surface area (Å²) in [4.78, 5) is 5.66. The highest BCUT2D eigenvalue weighted by atomic mass is 15.2. The summed E-state index contributed by atoms with van der Waals surface area (Å²) in [5.74, 6) is 0.317. The molecule has 1 aliphatic carbocycles. The number of hydrogen-bond donors (Lipinski definition) is 0. The number of hydrogen-bond acceptors (Lipinski definition) is 2. The molecule has 0 spiro atoms. The summed E-state index contributed by atoms with van der Waals surface area (Å²) in [7, 11) is 0. The van der Waals surface area contributed by atoms with Gasteiger partial charge in [0.1, 0.15) is 0 Å². The molecule has 3 aliphatic rings. The third kappa shape index (κ3) is 12.8. The molecule has 5 heteroatoms. The van der Waals surface area contributed by atoms with Gasteiger partial charge in [0, 0.05) is 77.9 Å². The summed E-state index contributed by atoms with van der Waals surface area (Å²) in [6.45, 7) is 42.3. The van der Waals surface area contributed by atoms with Crippen molar-refractivity contribution >= 4 is 101 Å². The first kappa shape index (κ1) is 73.6. The van der Waals surface area contributed by atoms with Crippen molar-refractivity contribution in [2.75, 3.05) is 9.80 Å². The van der Waals surface area contributed by atoms with Crippen LogP contribution in [0.5, 0.6) is 0 Å². The molecule has 4 heterocycles. The number of nitrogens with zero attached hydrogens (tertiary/aromatic N) is 4. The summed E-state index contributed by atoms with van der Waals surface area (Å²) in [5, 5.41) is 4.98. The molecule has 113 heavy (non-hydrogen) atoms. The van der Waals surface area contributed by atoms with Crippen molar-refractivity contribution in [1.29, 1.82) is 0 Å². The molecule has 0 radical (unpaired) electrons. The van der Waals surface area contributed by atoms with Crippen LogP contribution in [-0.2, 0) is 32.5 Å². The lowest BCUT2D eigenvalue weighted by molar-refractivity contribution is 0.444. The largest absolute Gasteiger partial charge is 0.310 e. The Morgan fingerprint density at radius 1 is 0.265 bits per heavy atom. The third-order valence-electron chi connectivity index (χ3n) is 25.5. The summed E-state index contributed by atoms with van der Waals surface area (Å²) < 4.78 is 5.09. The molecule has 564 valence electrons. The second kappa shape index (κ2) is 26.9. The number of anilines is 6. The highest BCUT2D eigenvalue weighted by Gasteiger charge is 2.47. The average Bonchev–Trinajstić information content (AvgIpc) is 0.927. The van der Waals surface area contributed by atoms with Crippen LogP contribution >= 0.6 is 0 Å². The second-order valence-corrected chi connectivity index (χ2v) is 39.3. The van der Waals surface area contributed by atoms with E-state index >= 15 is 0 Å². The molecule has 18 rings (SSSR count). The molecule has 15 aromatic rings. The summed E-state index contributed by atoms with van der Waals surface area (Å²) in [5.41, 5.74) is 36.2. The summed E-state index contributed by atoms with van der Waals surface area (Å²) in [6, 6.07) is 106. The monoisotopic (exact) mass is 1470 g/mol. The van der Waals surface area contributed by atoms with Gasteiger partial charge in [-0.1, -0.05) is 326 Å². The molecule has 0 saturated heterocycles. The fourth-order valence-corrected chi connectivity index (χ4v) is 18.9. The maximum atomic E-state index is 2.83. The lowest BCUT2D eigenvalue weighted by atomic mass is 9.33. The zero-order valence-electron chi connectivity index (χ0n) is 69.9. The Bertz CT molecular complexity index is 5610. The quantitative estimate of drug-likeness (QED) is 0.134. The van der Waals surface area contributed by atoms with Gasteiger partial charge in [0.2, 0.25) is 0 Å². The molecule has 2 aromatic heterocycles. The second-order valence-electron chi connectivity index (χ2n) is 39.3. The van der Waals surface area contributed by atoms with Crippen molar-refractivity contribution in [3.8, 4) is 55.9 Å². The predicted octanol–water partition coefficient (Wildman–Crippen LogP) is 28.5. The van der Waals surface area contributed by atoms with Gasteiger partial charge < -0.3 is 18.9 Å². The van der Waals surface area contributed by atoms with Gasteiger partial charge in [-0.2, -0.15) is 0 Å². The van der Waals surface area contributed by atoms with Gasteiger partial charge in [-0.25, -0.2) is 0 Å². The van der Waals surface area contributed by atoms with Gasteiger partial charge in [-0.3, -0.25) is 0 Å². The molecular formula is C108H109BN4. The van der Waals surface area contributed by atoms with Crippen molar-refractivity contribution in [2.45, 2.75) is 195 Å². The average molecular weight is 1470 g/mol. The lowest BCUT2D eigenvalue weighted by Crippen LogP contribution is -2.61. The highest BCUT2D eigenvalue weighted by molar-refractivity contribution is 7.00. The molecule has 1 fully saturated rings. The molecule has 0 bridgehead atoms. The minimum Gasteiger partial charge on any atom is -0.310 e. The first-order valence-electron chi connectivity index (χ1n) is 41.7.